The lowest BCUT2D eigenvalue weighted by Crippen LogP contribution is -2.27. The van der Waals surface area contributed by atoms with E-state index in [1.165, 1.54) is 0 Å². The van der Waals surface area contributed by atoms with Crippen molar-refractivity contribution >= 4 is 23.0 Å². The van der Waals surface area contributed by atoms with Crippen LogP contribution in [0.2, 0.25) is 0 Å². The lowest BCUT2D eigenvalue weighted by atomic mass is 9.94. The summed E-state index contributed by atoms with van der Waals surface area (Å²) in [6.07, 6.45) is 2.28. The number of rotatable bonds is 3. The fourth-order valence-corrected chi connectivity index (χ4v) is 3.61. The lowest BCUT2D eigenvalue weighted by Gasteiger charge is -2.12. The van der Waals surface area contributed by atoms with E-state index in [9.17, 15) is 9.59 Å². The Hall–Kier alpha value is -1.88. The summed E-state index contributed by atoms with van der Waals surface area (Å²) in [7, 11) is 0. The van der Waals surface area contributed by atoms with Gasteiger partial charge in [0.05, 0.1) is 6.04 Å². The van der Waals surface area contributed by atoms with Crippen LogP contribution in [-0.4, -0.2) is 16.7 Å². The molecule has 3 rings (SSSR count). The number of hydrogen-bond acceptors (Lipinski definition) is 3. The third-order valence-corrected chi connectivity index (χ3v) is 5.04. The van der Waals surface area contributed by atoms with Gasteiger partial charge in [0.25, 0.3) is 5.91 Å². The van der Waals surface area contributed by atoms with Gasteiger partial charge in [0.1, 0.15) is 5.69 Å². The standard InChI is InChI=1S/C16H18N2O2S/c1-9-14-11(5-3-6-12(14)19)18-15(9)16(20)17-10(2)13-7-4-8-21-13/h4,7-8,10,18H,3,5-6H2,1-2H3,(H,17,20). The summed E-state index contributed by atoms with van der Waals surface area (Å²) in [6.45, 7) is 3.82. The summed E-state index contributed by atoms with van der Waals surface area (Å²) >= 11 is 1.62. The van der Waals surface area contributed by atoms with Crippen LogP contribution >= 0.6 is 11.3 Å². The average molecular weight is 302 g/mol. The Balaban J connectivity index is 1.84. The highest BCUT2D eigenvalue weighted by molar-refractivity contribution is 7.10. The van der Waals surface area contributed by atoms with E-state index in [1.807, 2.05) is 31.4 Å². The number of fused-ring (bicyclic) bond motifs is 1. The molecule has 5 heteroatoms. The van der Waals surface area contributed by atoms with Gasteiger partial charge in [-0.25, -0.2) is 0 Å². The Morgan fingerprint density at radius 2 is 2.24 bits per heavy atom. The number of ketones is 1. The SMILES string of the molecule is Cc1c(C(=O)NC(C)c2cccs2)[nH]c2c1C(=O)CCC2. The van der Waals surface area contributed by atoms with E-state index in [-0.39, 0.29) is 17.7 Å². The highest BCUT2D eigenvalue weighted by Gasteiger charge is 2.26. The Morgan fingerprint density at radius 1 is 1.43 bits per heavy atom. The minimum Gasteiger partial charge on any atom is -0.354 e. The number of carbonyl (C=O) groups is 2. The minimum atomic E-state index is -0.143. The largest absolute Gasteiger partial charge is 0.354 e. The number of aromatic amines is 1. The number of thiophene rings is 1. The van der Waals surface area contributed by atoms with Crippen molar-refractivity contribution in [3.8, 4) is 0 Å². The van der Waals surface area contributed by atoms with Crippen LogP contribution in [0, 0.1) is 6.92 Å². The number of aromatic nitrogens is 1. The molecule has 2 N–H and O–H groups in total. The van der Waals surface area contributed by atoms with Crippen LogP contribution in [0.25, 0.3) is 0 Å². The van der Waals surface area contributed by atoms with Crippen LogP contribution < -0.4 is 5.32 Å². The number of carbonyl (C=O) groups excluding carboxylic acids is 2. The zero-order chi connectivity index (χ0) is 15.0. The molecule has 2 heterocycles. The fourth-order valence-electron chi connectivity index (χ4n) is 2.88. The topological polar surface area (TPSA) is 62.0 Å². The fraction of sp³-hybridized carbons (Fsp3) is 0.375. The highest BCUT2D eigenvalue weighted by Crippen LogP contribution is 2.27. The molecule has 1 aliphatic carbocycles. The van der Waals surface area contributed by atoms with Crippen molar-refractivity contribution in [2.75, 3.05) is 0 Å². The molecular weight excluding hydrogens is 284 g/mol. The molecule has 0 spiro atoms. The van der Waals surface area contributed by atoms with Gasteiger partial charge in [-0.2, -0.15) is 0 Å². The van der Waals surface area contributed by atoms with Crippen molar-refractivity contribution < 1.29 is 9.59 Å². The molecular formula is C16H18N2O2S. The summed E-state index contributed by atoms with van der Waals surface area (Å²) in [5.74, 6) is 0.00551. The number of nitrogens with one attached hydrogen (secondary N) is 2. The zero-order valence-electron chi connectivity index (χ0n) is 12.2. The number of hydrogen-bond donors (Lipinski definition) is 2. The van der Waals surface area contributed by atoms with Crippen LogP contribution in [0.4, 0.5) is 0 Å². The van der Waals surface area contributed by atoms with Gasteiger partial charge in [0, 0.05) is 22.6 Å². The first-order valence-corrected chi connectivity index (χ1v) is 8.04. The smallest absolute Gasteiger partial charge is 0.268 e. The molecule has 1 atom stereocenters. The Morgan fingerprint density at radius 3 is 2.90 bits per heavy atom. The monoisotopic (exact) mass is 302 g/mol. The maximum atomic E-state index is 12.4. The Labute approximate surface area is 127 Å². The molecule has 2 aromatic rings. The first-order valence-electron chi connectivity index (χ1n) is 7.17. The van der Waals surface area contributed by atoms with E-state index < -0.39 is 0 Å². The second-order valence-corrected chi connectivity index (χ2v) is 6.45. The average Bonchev–Trinajstić information content (AvgIpc) is 3.07. The first-order chi connectivity index (χ1) is 10.1. The minimum absolute atomic E-state index is 0.0343. The molecule has 0 saturated carbocycles. The van der Waals surface area contributed by atoms with Crippen LogP contribution in [0.3, 0.4) is 0 Å². The molecule has 4 nitrogen and oxygen atoms in total. The quantitative estimate of drug-likeness (QED) is 0.913. The van der Waals surface area contributed by atoms with Crippen molar-refractivity contribution in [2.45, 2.75) is 39.2 Å². The summed E-state index contributed by atoms with van der Waals surface area (Å²) in [5, 5.41) is 4.99. The molecule has 1 unspecified atom stereocenters. The first kappa shape index (κ1) is 14.1. The summed E-state index contributed by atoms with van der Waals surface area (Å²) < 4.78 is 0. The predicted octanol–water partition coefficient (Wildman–Crippen LogP) is 3.39. The number of H-pyrrole nitrogens is 1. The van der Waals surface area contributed by atoms with E-state index in [4.69, 9.17) is 0 Å². The van der Waals surface area contributed by atoms with Crippen LogP contribution in [-0.2, 0) is 6.42 Å². The van der Waals surface area contributed by atoms with Crippen LogP contribution in [0.1, 0.15) is 62.8 Å². The zero-order valence-corrected chi connectivity index (χ0v) is 13.0. The predicted molar refractivity (Wildman–Crippen MR) is 83.0 cm³/mol. The van der Waals surface area contributed by atoms with E-state index in [2.05, 4.69) is 10.3 Å². The molecule has 1 aliphatic rings. The second-order valence-electron chi connectivity index (χ2n) is 5.47. The van der Waals surface area contributed by atoms with Crippen LogP contribution in [0.15, 0.2) is 17.5 Å². The van der Waals surface area contributed by atoms with Gasteiger partial charge < -0.3 is 10.3 Å². The van der Waals surface area contributed by atoms with E-state index in [1.54, 1.807) is 11.3 Å². The highest BCUT2D eigenvalue weighted by atomic mass is 32.1. The lowest BCUT2D eigenvalue weighted by molar-refractivity contribution is 0.0934. The van der Waals surface area contributed by atoms with Crippen molar-refractivity contribution in [1.82, 2.24) is 10.3 Å². The molecule has 0 aliphatic heterocycles. The molecule has 0 fully saturated rings. The Kier molecular flexibility index (Phi) is 3.68. The normalized spacial score (nSPS) is 15.6. The van der Waals surface area contributed by atoms with Gasteiger partial charge in [-0.15, -0.1) is 11.3 Å². The van der Waals surface area contributed by atoms with Gasteiger partial charge in [-0.1, -0.05) is 6.07 Å². The summed E-state index contributed by atoms with van der Waals surface area (Å²) in [6, 6.07) is 3.94. The molecule has 2 aromatic heterocycles. The molecule has 1 amide bonds. The van der Waals surface area contributed by atoms with Gasteiger partial charge in [0.15, 0.2) is 5.78 Å². The van der Waals surface area contributed by atoms with Gasteiger partial charge in [-0.3, -0.25) is 9.59 Å². The van der Waals surface area contributed by atoms with Gasteiger partial charge in [-0.05, 0) is 43.7 Å². The summed E-state index contributed by atoms with van der Waals surface area (Å²) in [4.78, 5) is 28.7. The van der Waals surface area contributed by atoms with Crippen LogP contribution in [0.5, 0.6) is 0 Å². The third kappa shape index (κ3) is 2.53. The van der Waals surface area contributed by atoms with Gasteiger partial charge in [0.2, 0.25) is 0 Å². The maximum Gasteiger partial charge on any atom is 0.268 e. The van der Waals surface area contributed by atoms with Crippen molar-refractivity contribution in [1.29, 1.82) is 0 Å². The summed E-state index contributed by atoms with van der Waals surface area (Å²) in [5.41, 5.74) is 2.96. The van der Waals surface area contributed by atoms with Crippen molar-refractivity contribution in [2.24, 2.45) is 0 Å². The number of Topliss-reactive ketones (excluding diaryl/α,β-unsaturated/α-hetero) is 1. The Bertz CT molecular complexity index is 685. The van der Waals surface area contributed by atoms with E-state index >= 15 is 0 Å². The van der Waals surface area contributed by atoms with Crippen molar-refractivity contribution in [3.05, 3.63) is 44.9 Å². The van der Waals surface area contributed by atoms with Crippen molar-refractivity contribution in [3.63, 3.8) is 0 Å². The molecule has 0 aromatic carbocycles. The molecule has 0 radical (unpaired) electrons. The van der Waals surface area contributed by atoms with E-state index in [0.717, 1.165) is 34.5 Å². The third-order valence-electron chi connectivity index (χ3n) is 3.98. The second kappa shape index (κ2) is 5.48. The molecule has 110 valence electrons. The van der Waals surface area contributed by atoms with E-state index in [0.29, 0.717) is 12.1 Å². The molecule has 0 saturated heterocycles. The van der Waals surface area contributed by atoms with Gasteiger partial charge >= 0.3 is 0 Å². The maximum absolute atomic E-state index is 12.4. The number of amides is 1. The number of aryl methyl sites for hydroxylation is 1. The molecule has 0 bridgehead atoms. The molecule has 21 heavy (non-hydrogen) atoms.